The Labute approximate surface area is 114 Å². The van der Waals surface area contributed by atoms with Crippen molar-refractivity contribution >= 4 is 54.3 Å². The predicted octanol–water partition coefficient (Wildman–Crippen LogP) is 2.68. The SMILES string of the molecule is [Se]P(c1ccccc1)P([Se])c1ccccc1. The van der Waals surface area contributed by atoms with Gasteiger partial charge in [0.1, 0.15) is 0 Å². The molecule has 2 aromatic rings. The normalized spacial score (nSPS) is 14.4. The van der Waals surface area contributed by atoms with Gasteiger partial charge in [-0.3, -0.25) is 0 Å². The van der Waals surface area contributed by atoms with Crippen LogP contribution in [-0.2, 0) is 0 Å². The van der Waals surface area contributed by atoms with Crippen LogP contribution in [0.2, 0.25) is 0 Å². The summed E-state index contributed by atoms with van der Waals surface area (Å²) in [6.07, 6.45) is -0.458. The molecule has 4 heteroatoms. The summed E-state index contributed by atoms with van der Waals surface area (Å²) in [6, 6.07) is 21.4. The van der Waals surface area contributed by atoms with Gasteiger partial charge >= 0.3 is 115 Å². The quantitative estimate of drug-likeness (QED) is 0.573. The van der Waals surface area contributed by atoms with Gasteiger partial charge in [-0.25, -0.2) is 0 Å². The van der Waals surface area contributed by atoms with Crippen LogP contribution in [0.1, 0.15) is 0 Å². The first-order valence-electron chi connectivity index (χ1n) is 4.83. The molecule has 0 aliphatic carbocycles. The van der Waals surface area contributed by atoms with E-state index in [-0.39, 0.29) is 12.6 Å². The topological polar surface area (TPSA) is 0 Å². The summed E-state index contributed by atoms with van der Waals surface area (Å²) in [6.45, 7) is 0. The summed E-state index contributed by atoms with van der Waals surface area (Å²) in [7, 11) is 0. The molecular formula is C12H10P2Se2. The minimum absolute atomic E-state index is 0.229. The molecule has 2 aromatic carbocycles. The average molecular weight is 374 g/mol. The van der Waals surface area contributed by atoms with Crippen molar-refractivity contribution in [1.29, 1.82) is 0 Å². The van der Waals surface area contributed by atoms with E-state index in [2.05, 4.69) is 91.8 Å². The van der Waals surface area contributed by atoms with Crippen molar-refractivity contribution in [2.45, 2.75) is 0 Å². The number of benzene rings is 2. The Kier molecular flexibility index (Phi) is 5.05. The van der Waals surface area contributed by atoms with Crippen molar-refractivity contribution < 1.29 is 0 Å². The number of hydrogen-bond acceptors (Lipinski definition) is 0. The van der Waals surface area contributed by atoms with Crippen LogP contribution in [0.4, 0.5) is 0 Å². The third kappa shape index (κ3) is 3.18. The Bertz CT molecular complexity index is 390. The summed E-state index contributed by atoms with van der Waals surface area (Å²) in [5, 5.41) is 2.84. The average Bonchev–Trinajstić information content (AvgIpc) is 2.39. The van der Waals surface area contributed by atoms with E-state index in [9.17, 15) is 0 Å². The monoisotopic (exact) mass is 376 g/mol. The molecule has 0 spiro atoms. The molecular weight excluding hydrogens is 364 g/mol. The first-order valence-corrected chi connectivity index (χ1v) is 12.7. The standard InChI is InChI=1S/C12H10P2Se2/c15-13(11-7-3-1-4-8-11)14(16)12-9-5-2-6-10-12/h1-10H. The molecule has 2 atom stereocenters. The maximum atomic E-state index is 3.35. The number of hydrogen-bond donors (Lipinski definition) is 0. The van der Waals surface area contributed by atoms with Crippen LogP contribution < -0.4 is 10.6 Å². The van der Waals surface area contributed by atoms with Crippen molar-refractivity contribution in [3.63, 3.8) is 0 Å². The van der Waals surface area contributed by atoms with E-state index in [1.165, 1.54) is 10.6 Å². The molecule has 2 rings (SSSR count). The van der Waals surface area contributed by atoms with E-state index >= 15 is 0 Å². The molecule has 80 valence electrons. The molecule has 0 bridgehead atoms. The third-order valence-corrected chi connectivity index (χ3v) is 19.8. The summed E-state index contributed by atoms with van der Waals surface area (Å²) in [5.74, 6) is 0. The Morgan fingerprint density at radius 2 is 0.875 bits per heavy atom. The molecule has 0 saturated carbocycles. The van der Waals surface area contributed by atoms with Gasteiger partial charge in [0.25, 0.3) is 0 Å². The van der Waals surface area contributed by atoms with Crippen LogP contribution in [0, 0.1) is 0 Å². The van der Waals surface area contributed by atoms with Gasteiger partial charge in [0.15, 0.2) is 0 Å². The summed E-state index contributed by atoms with van der Waals surface area (Å²) in [5.41, 5.74) is 0. The summed E-state index contributed by atoms with van der Waals surface area (Å²) in [4.78, 5) is 0. The fourth-order valence-corrected chi connectivity index (χ4v) is 9.75. The second-order valence-corrected chi connectivity index (χ2v) is 16.0. The van der Waals surface area contributed by atoms with Crippen molar-refractivity contribution in [2.75, 3.05) is 0 Å². The van der Waals surface area contributed by atoms with E-state index in [0.717, 1.165) is 0 Å². The molecule has 2 unspecified atom stereocenters. The van der Waals surface area contributed by atoms with Gasteiger partial charge in [0.2, 0.25) is 0 Å². The molecule has 0 heterocycles. The maximum absolute atomic E-state index is 3.35. The second kappa shape index (κ2) is 6.32. The van der Waals surface area contributed by atoms with Gasteiger partial charge in [-0.15, -0.1) is 0 Å². The van der Waals surface area contributed by atoms with Gasteiger partial charge in [-0.2, -0.15) is 0 Å². The molecule has 0 N–H and O–H groups in total. The fraction of sp³-hybridized carbons (Fsp3) is 0. The van der Waals surface area contributed by atoms with Gasteiger partial charge < -0.3 is 0 Å². The van der Waals surface area contributed by atoms with Crippen LogP contribution in [0.25, 0.3) is 0 Å². The van der Waals surface area contributed by atoms with Gasteiger partial charge in [0.05, 0.1) is 0 Å². The van der Waals surface area contributed by atoms with Crippen LogP contribution in [-0.4, -0.2) is 31.1 Å². The Balaban J connectivity index is 2.20. The molecule has 2 radical (unpaired) electrons. The van der Waals surface area contributed by atoms with E-state index in [0.29, 0.717) is 0 Å². The van der Waals surface area contributed by atoms with E-state index in [4.69, 9.17) is 0 Å². The van der Waals surface area contributed by atoms with Crippen LogP contribution >= 0.6 is 12.6 Å². The summed E-state index contributed by atoms with van der Waals surface area (Å²) < 4.78 is 0. The molecule has 0 aliphatic heterocycles. The van der Waals surface area contributed by atoms with Crippen LogP contribution in [0.3, 0.4) is 0 Å². The Morgan fingerprint density at radius 3 is 1.19 bits per heavy atom. The zero-order chi connectivity index (χ0) is 11.4. The van der Waals surface area contributed by atoms with E-state index < -0.39 is 0 Å². The third-order valence-electron chi connectivity index (χ3n) is 2.12. The zero-order valence-electron chi connectivity index (χ0n) is 8.48. The first kappa shape index (κ1) is 12.8. The molecule has 0 saturated heterocycles. The van der Waals surface area contributed by atoms with Crippen molar-refractivity contribution in [3.8, 4) is 0 Å². The van der Waals surface area contributed by atoms with Crippen LogP contribution in [0.5, 0.6) is 0 Å². The minimum atomic E-state index is -0.229. The zero-order valence-corrected chi connectivity index (χ0v) is 13.7. The second-order valence-electron chi connectivity index (χ2n) is 3.22. The molecule has 0 aliphatic rings. The van der Waals surface area contributed by atoms with Crippen LogP contribution in [0.15, 0.2) is 60.7 Å². The van der Waals surface area contributed by atoms with E-state index in [1.54, 1.807) is 0 Å². The molecule has 16 heavy (non-hydrogen) atoms. The Morgan fingerprint density at radius 1 is 0.562 bits per heavy atom. The Hall–Kier alpha value is 0.339. The molecule has 0 amide bonds. The molecule has 0 aromatic heterocycles. The molecule has 0 nitrogen and oxygen atoms in total. The van der Waals surface area contributed by atoms with Crippen molar-refractivity contribution in [2.24, 2.45) is 0 Å². The van der Waals surface area contributed by atoms with Gasteiger partial charge in [0, 0.05) is 0 Å². The van der Waals surface area contributed by atoms with E-state index in [1.807, 2.05) is 0 Å². The predicted molar refractivity (Wildman–Crippen MR) is 77.5 cm³/mol. The van der Waals surface area contributed by atoms with Crippen molar-refractivity contribution in [1.82, 2.24) is 0 Å². The van der Waals surface area contributed by atoms with Crippen molar-refractivity contribution in [3.05, 3.63) is 60.7 Å². The first-order chi connectivity index (χ1) is 7.79. The number of rotatable bonds is 3. The fourth-order valence-electron chi connectivity index (χ4n) is 1.32. The summed E-state index contributed by atoms with van der Waals surface area (Å²) >= 11 is 6.71. The van der Waals surface area contributed by atoms with Gasteiger partial charge in [-0.1, -0.05) is 0 Å². The molecule has 0 fully saturated rings. The van der Waals surface area contributed by atoms with Gasteiger partial charge in [-0.05, 0) is 0 Å².